The van der Waals surface area contributed by atoms with Crippen LogP contribution in [0.2, 0.25) is 0 Å². The highest BCUT2D eigenvalue weighted by Gasteiger charge is 2.14. The molecule has 0 fully saturated rings. The van der Waals surface area contributed by atoms with Crippen LogP contribution in [0.4, 0.5) is 0 Å². The number of carboxylic acids is 1. The number of unbranched alkanes of at least 4 members (excludes halogenated alkanes) is 5. The second-order valence-corrected chi connectivity index (χ2v) is 4.81. The summed E-state index contributed by atoms with van der Waals surface area (Å²) in [5, 5.41) is 8.97. The Morgan fingerprint density at radius 3 is 2.44 bits per heavy atom. The first-order valence-electron chi connectivity index (χ1n) is 7.21. The lowest BCUT2D eigenvalue weighted by atomic mass is 9.97. The molecule has 0 spiro atoms. The van der Waals surface area contributed by atoms with Gasteiger partial charge in [-0.2, -0.15) is 0 Å². The lowest BCUT2D eigenvalue weighted by Gasteiger charge is -2.09. The van der Waals surface area contributed by atoms with Crippen LogP contribution in [0.3, 0.4) is 0 Å². The molecule has 0 aromatic carbocycles. The Morgan fingerprint density at radius 2 is 1.83 bits per heavy atom. The van der Waals surface area contributed by atoms with Gasteiger partial charge in [-0.15, -0.1) is 6.58 Å². The van der Waals surface area contributed by atoms with Crippen molar-refractivity contribution in [3.63, 3.8) is 0 Å². The molecule has 2 heteroatoms. The Balaban J connectivity index is 3.43. The highest BCUT2D eigenvalue weighted by Crippen LogP contribution is 2.15. The number of rotatable bonds is 12. The van der Waals surface area contributed by atoms with Gasteiger partial charge in [0.1, 0.15) is 0 Å². The number of carboxylic acid groups (broad SMARTS) is 1. The molecular formula is C16H28O2. The highest BCUT2D eigenvalue weighted by atomic mass is 16.4. The standard InChI is InChI=1S/C16H28O2/c1-3-5-6-7-8-9-10-11-12-14-15(13-4-2)16(17)18/h4,6-7,15H,2-3,5,8-14H2,1H3,(H,17,18)/b7-6+. The largest absolute Gasteiger partial charge is 0.481 e. The lowest BCUT2D eigenvalue weighted by Crippen LogP contribution is -2.12. The Labute approximate surface area is 112 Å². The summed E-state index contributed by atoms with van der Waals surface area (Å²) < 4.78 is 0. The van der Waals surface area contributed by atoms with Crippen molar-refractivity contribution in [1.82, 2.24) is 0 Å². The van der Waals surface area contributed by atoms with Gasteiger partial charge < -0.3 is 5.11 Å². The monoisotopic (exact) mass is 252 g/mol. The number of carbonyl (C=O) groups is 1. The zero-order chi connectivity index (χ0) is 13.6. The summed E-state index contributed by atoms with van der Waals surface area (Å²) >= 11 is 0. The minimum absolute atomic E-state index is 0.230. The van der Waals surface area contributed by atoms with Crippen LogP contribution in [0.1, 0.15) is 64.7 Å². The van der Waals surface area contributed by atoms with E-state index in [1.807, 2.05) is 0 Å². The Bertz CT molecular complexity index is 243. The smallest absolute Gasteiger partial charge is 0.306 e. The molecule has 0 amide bonds. The zero-order valence-corrected chi connectivity index (χ0v) is 11.7. The van der Waals surface area contributed by atoms with Gasteiger partial charge in [-0.3, -0.25) is 4.79 Å². The molecule has 0 saturated carbocycles. The maximum Gasteiger partial charge on any atom is 0.306 e. The summed E-state index contributed by atoms with van der Waals surface area (Å²) in [4.78, 5) is 10.9. The van der Waals surface area contributed by atoms with Crippen molar-refractivity contribution in [1.29, 1.82) is 0 Å². The molecule has 0 aromatic rings. The molecule has 2 nitrogen and oxygen atoms in total. The predicted octanol–water partition coefficient (Wildman–Crippen LogP) is 4.96. The van der Waals surface area contributed by atoms with Crippen molar-refractivity contribution in [2.24, 2.45) is 5.92 Å². The molecule has 1 N–H and O–H groups in total. The second-order valence-electron chi connectivity index (χ2n) is 4.81. The summed E-state index contributed by atoms with van der Waals surface area (Å²) in [6, 6.07) is 0. The van der Waals surface area contributed by atoms with Crippen molar-refractivity contribution in [3.8, 4) is 0 Å². The molecule has 1 unspecified atom stereocenters. The fourth-order valence-corrected chi connectivity index (χ4v) is 1.95. The first-order chi connectivity index (χ1) is 8.72. The van der Waals surface area contributed by atoms with Gasteiger partial charge in [0.15, 0.2) is 0 Å². The maximum atomic E-state index is 10.9. The van der Waals surface area contributed by atoms with E-state index in [0.717, 1.165) is 25.7 Å². The van der Waals surface area contributed by atoms with Crippen LogP contribution in [0, 0.1) is 5.92 Å². The van der Waals surface area contributed by atoms with Gasteiger partial charge in [-0.05, 0) is 32.1 Å². The van der Waals surface area contributed by atoms with Crippen LogP contribution in [-0.2, 0) is 4.79 Å². The number of hydrogen-bond acceptors (Lipinski definition) is 1. The third kappa shape index (κ3) is 10.1. The third-order valence-corrected chi connectivity index (χ3v) is 3.10. The number of aliphatic carboxylic acids is 1. The second kappa shape index (κ2) is 12.4. The molecule has 0 saturated heterocycles. The van der Waals surface area contributed by atoms with E-state index < -0.39 is 5.97 Å². The average molecular weight is 252 g/mol. The molecule has 104 valence electrons. The van der Waals surface area contributed by atoms with E-state index in [4.69, 9.17) is 5.11 Å². The summed E-state index contributed by atoms with van der Waals surface area (Å²) in [5.41, 5.74) is 0. The first kappa shape index (κ1) is 16.9. The molecule has 18 heavy (non-hydrogen) atoms. The summed E-state index contributed by atoms with van der Waals surface area (Å²) in [5.74, 6) is -0.913. The van der Waals surface area contributed by atoms with Gasteiger partial charge >= 0.3 is 5.97 Å². The maximum absolute atomic E-state index is 10.9. The van der Waals surface area contributed by atoms with E-state index in [0.29, 0.717) is 6.42 Å². The van der Waals surface area contributed by atoms with E-state index in [1.54, 1.807) is 6.08 Å². The van der Waals surface area contributed by atoms with Crippen LogP contribution < -0.4 is 0 Å². The normalized spacial score (nSPS) is 12.7. The molecule has 0 bridgehead atoms. The third-order valence-electron chi connectivity index (χ3n) is 3.10. The quantitative estimate of drug-likeness (QED) is 0.394. The molecule has 0 heterocycles. The molecule has 0 aliphatic carbocycles. The van der Waals surface area contributed by atoms with E-state index in [-0.39, 0.29) is 5.92 Å². The molecule has 0 radical (unpaired) electrons. The van der Waals surface area contributed by atoms with Gasteiger partial charge in [0, 0.05) is 0 Å². The van der Waals surface area contributed by atoms with Crippen molar-refractivity contribution in [2.75, 3.05) is 0 Å². The lowest BCUT2D eigenvalue weighted by molar-refractivity contribution is -0.141. The van der Waals surface area contributed by atoms with Crippen LogP contribution >= 0.6 is 0 Å². The fraction of sp³-hybridized carbons (Fsp3) is 0.688. The van der Waals surface area contributed by atoms with Crippen LogP contribution in [0.25, 0.3) is 0 Å². The van der Waals surface area contributed by atoms with E-state index in [1.165, 1.54) is 25.7 Å². The van der Waals surface area contributed by atoms with E-state index in [9.17, 15) is 4.79 Å². The predicted molar refractivity (Wildman–Crippen MR) is 77.7 cm³/mol. The van der Waals surface area contributed by atoms with Gasteiger partial charge in [0.05, 0.1) is 5.92 Å². The first-order valence-corrected chi connectivity index (χ1v) is 7.21. The fourth-order valence-electron chi connectivity index (χ4n) is 1.95. The molecule has 0 aliphatic rings. The summed E-state index contributed by atoms with van der Waals surface area (Å²) in [7, 11) is 0. The molecular weight excluding hydrogens is 224 g/mol. The summed E-state index contributed by atoms with van der Waals surface area (Å²) in [6.07, 6.45) is 15.8. The van der Waals surface area contributed by atoms with E-state index in [2.05, 4.69) is 25.7 Å². The molecule has 1 atom stereocenters. The molecule has 0 aliphatic heterocycles. The Kier molecular flexibility index (Phi) is 11.7. The van der Waals surface area contributed by atoms with Crippen LogP contribution in [0.15, 0.2) is 24.8 Å². The van der Waals surface area contributed by atoms with Crippen molar-refractivity contribution in [2.45, 2.75) is 64.7 Å². The minimum Gasteiger partial charge on any atom is -0.481 e. The summed E-state index contributed by atoms with van der Waals surface area (Å²) in [6.45, 7) is 5.79. The number of allylic oxidation sites excluding steroid dienone is 3. The van der Waals surface area contributed by atoms with Crippen molar-refractivity contribution in [3.05, 3.63) is 24.8 Å². The topological polar surface area (TPSA) is 37.3 Å². The van der Waals surface area contributed by atoms with Crippen molar-refractivity contribution >= 4 is 5.97 Å². The van der Waals surface area contributed by atoms with Crippen LogP contribution in [0.5, 0.6) is 0 Å². The van der Waals surface area contributed by atoms with Gasteiger partial charge in [0.25, 0.3) is 0 Å². The highest BCUT2D eigenvalue weighted by molar-refractivity contribution is 5.70. The molecule has 0 aromatic heterocycles. The van der Waals surface area contributed by atoms with Gasteiger partial charge in [0.2, 0.25) is 0 Å². The number of hydrogen-bond donors (Lipinski definition) is 1. The van der Waals surface area contributed by atoms with Crippen molar-refractivity contribution < 1.29 is 9.90 Å². The Hall–Kier alpha value is -1.05. The minimum atomic E-state index is -0.683. The Morgan fingerprint density at radius 1 is 1.17 bits per heavy atom. The van der Waals surface area contributed by atoms with Crippen LogP contribution in [-0.4, -0.2) is 11.1 Å². The van der Waals surface area contributed by atoms with Gasteiger partial charge in [-0.1, -0.05) is 50.8 Å². The molecule has 0 rings (SSSR count). The zero-order valence-electron chi connectivity index (χ0n) is 11.7. The van der Waals surface area contributed by atoms with E-state index >= 15 is 0 Å². The SMILES string of the molecule is C=CCC(CCCCCC/C=C/CCC)C(=O)O. The average Bonchev–Trinajstić information content (AvgIpc) is 2.35. The van der Waals surface area contributed by atoms with Gasteiger partial charge in [-0.25, -0.2) is 0 Å².